The maximum Gasteiger partial charge on any atom is 0.419 e. The van der Waals surface area contributed by atoms with Gasteiger partial charge in [0.1, 0.15) is 5.82 Å². The largest absolute Gasteiger partial charge is 0.419 e. The first-order valence-electron chi connectivity index (χ1n) is 6.94. The van der Waals surface area contributed by atoms with E-state index in [1.54, 1.807) is 0 Å². The molecule has 0 aromatic heterocycles. The Morgan fingerprint density at radius 1 is 1.20 bits per heavy atom. The third-order valence-corrected chi connectivity index (χ3v) is 4.10. The summed E-state index contributed by atoms with van der Waals surface area (Å²) in [5.74, 6) is -0.791. The van der Waals surface area contributed by atoms with Crippen molar-refractivity contribution in [2.24, 2.45) is 5.92 Å². The molecule has 0 spiro atoms. The minimum absolute atomic E-state index is 0.0814. The van der Waals surface area contributed by atoms with Crippen LogP contribution in [-0.2, 0) is 6.18 Å². The van der Waals surface area contributed by atoms with Crippen LogP contribution in [0.2, 0.25) is 0 Å². The summed E-state index contributed by atoms with van der Waals surface area (Å²) in [6.45, 7) is 0.781. The molecule has 2 atom stereocenters. The van der Waals surface area contributed by atoms with E-state index < -0.39 is 17.6 Å². The Kier molecular flexibility index (Phi) is 4.68. The molecule has 1 aromatic rings. The van der Waals surface area contributed by atoms with Crippen LogP contribution in [0, 0.1) is 11.7 Å². The zero-order valence-electron chi connectivity index (χ0n) is 11.4. The van der Waals surface area contributed by atoms with Gasteiger partial charge in [0.25, 0.3) is 0 Å². The first kappa shape index (κ1) is 15.3. The van der Waals surface area contributed by atoms with E-state index in [9.17, 15) is 17.6 Å². The van der Waals surface area contributed by atoms with Crippen molar-refractivity contribution >= 4 is 0 Å². The first-order chi connectivity index (χ1) is 9.43. The Hall–Kier alpha value is -1.10. The standard InChI is InChI=1S/C15H19F4N/c1-20-9-11-4-2-3-5-12(11)10-6-7-14(16)13(8-10)15(17,18)19/h6-8,11-12,20H,2-5,9H2,1H3. The van der Waals surface area contributed by atoms with Crippen molar-refractivity contribution in [1.29, 1.82) is 0 Å². The summed E-state index contributed by atoms with van der Waals surface area (Å²) in [6, 6.07) is 3.44. The van der Waals surface area contributed by atoms with Crippen LogP contribution in [0.5, 0.6) is 0 Å². The van der Waals surface area contributed by atoms with E-state index in [1.807, 2.05) is 7.05 Å². The molecular formula is C15H19F4N. The van der Waals surface area contributed by atoms with Gasteiger partial charge in [0, 0.05) is 0 Å². The topological polar surface area (TPSA) is 12.0 Å². The molecule has 1 aromatic carbocycles. The third kappa shape index (κ3) is 3.32. The molecule has 20 heavy (non-hydrogen) atoms. The molecule has 0 heterocycles. The van der Waals surface area contributed by atoms with Crippen LogP contribution < -0.4 is 5.32 Å². The lowest BCUT2D eigenvalue weighted by molar-refractivity contribution is -0.140. The first-order valence-corrected chi connectivity index (χ1v) is 6.94. The molecule has 0 bridgehead atoms. The van der Waals surface area contributed by atoms with Crippen molar-refractivity contribution in [3.63, 3.8) is 0 Å². The molecule has 1 saturated carbocycles. The van der Waals surface area contributed by atoms with E-state index in [1.165, 1.54) is 6.07 Å². The summed E-state index contributed by atoms with van der Waals surface area (Å²) in [4.78, 5) is 0. The molecule has 5 heteroatoms. The van der Waals surface area contributed by atoms with Gasteiger partial charge in [-0.3, -0.25) is 0 Å². The second-order valence-electron chi connectivity index (χ2n) is 5.45. The summed E-state index contributed by atoms with van der Waals surface area (Å²) < 4.78 is 51.7. The van der Waals surface area contributed by atoms with Crippen molar-refractivity contribution < 1.29 is 17.6 Å². The lowest BCUT2D eigenvalue weighted by Gasteiger charge is -2.32. The van der Waals surface area contributed by atoms with E-state index in [2.05, 4.69) is 5.32 Å². The lowest BCUT2D eigenvalue weighted by Crippen LogP contribution is -2.27. The number of alkyl halides is 3. The highest BCUT2D eigenvalue weighted by atomic mass is 19.4. The van der Waals surface area contributed by atoms with E-state index in [4.69, 9.17) is 0 Å². The normalized spacial score (nSPS) is 23.9. The van der Waals surface area contributed by atoms with Crippen LogP contribution in [0.3, 0.4) is 0 Å². The predicted molar refractivity (Wildman–Crippen MR) is 70.0 cm³/mol. The SMILES string of the molecule is CNCC1CCCCC1c1ccc(F)c(C(F)(F)F)c1. The second-order valence-corrected chi connectivity index (χ2v) is 5.45. The Bertz CT molecular complexity index is 454. The molecule has 0 aliphatic heterocycles. The van der Waals surface area contributed by atoms with Crippen LogP contribution in [-0.4, -0.2) is 13.6 Å². The highest BCUT2D eigenvalue weighted by Crippen LogP contribution is 2.40. The maximum absolute atomic E-state index is 13.3. The van der Waals surface area contributed by atoms with Gasteiger partial charge >= 0.3 is 6.18 Å². The Morgan fingerprint density at radius 3 is 2.55 bits per heavy atom. The average molecular weight is 289 g/mol. The number of hydrogen-bond acceptors (Lipinski definition) is 1. The van der Waals surface area contributed by atoms with E-state index in [0.29, 0.717) is 11.5 Å². The van der Waals surface area contributed by atoms with Gasteiger partial charge in [-0.2, -0.15) is 13.2 Å². The number of halogens is 4. The fourth-order valence-electron chi connectivity index (χ4n) is 3.14. The van der Waals surface area contributed by atoms with Crippen LogP contribution in [0.25, 0.3) is 0 Å². The molecule has 0 amide bonds. The smallest absolute Gasteiger partial charge is 0.319 e. The fourth-order valence-corrected chi connectivity index (χ4v) is 3.14. The van der Waals surface area contributed by atoms with Gasteiger partial charge < -0.3 is 5.32 Å². The maximum atomic E-state index is 13.3. The van der Waals surface area contributed by atoms with Crippen LogP contribution in [0.15, 0.2) is 18.2 Å². The van der Waals surface area contributed by atoms with Gasteiger partial charge in [-0.1, -0.05) is 18.9 Å². The van der Waals surface area contributed by atoms with Crippen molar-refractivity contribution in [2.45, 2.75) is 37.8 Å². The molecule has 0 saturated heterocycles. The molecule has 2 unspecified atom stereocenters. The zero-order chi connectivity index (χ0) is 14.8. The monoisotopic (exact) mass is 289 g/mol. The van der Waals surface area contributed by atoms with Gasteiger partial charge in [-0.05, 0) is 56.0 Å². The Balaban J connectivity index is 2.31. The number of nitrogens with one attached hydrogen (secondary N) is 1. The predicted octanol–water partition coefficient (Wildman–Crippen LogP) is 4.34. The quantitative estimate of drug-likeness (QED) is 0.816. The summed E-state index contributed by atoms with van der Waals surface area (Å²) in [5, 5.41) is 3.10. The molecule has 1 fully saturated rings. The molecule has 1 nitrogen and oxygen atoms in total. The van der Waals surface area contributed by atoms with E-state index >= 15 is 0 Å². The molecule has 1 N–H and O–H groups in total. The van der Waals surface area contributed by atoms with Crippen molar-refractivity contribution in [3.8, 4) is 0 Å². The molecule has 2 rings (SSSR count). The lowest BCUT2D eigenvalue weighted by atomic mass is 9.75. The summed E-state index contributed by atoms with van der Waals surface area (Å²) in [6.07, 6.45) is -0.632. The molecule has 112 valence electrons. The summed E-state index contributed by atoms with van der Waals surface area (Å²) in [7, 11) is 1.84. The summed E-state index contributed by atoms with van der Waals surface area (Å²) in [5.41, 5.74) is -0.539. The van der Waals surface area contributed by atoms with Gasteiger partial charge in [-0.25, -0.2) is 4.39 Å². The Labute approximate surface area is 116 Å². The van der Waals surface area contributed by atoms with Gasteiger partial charge in [0.15, 0.2) is 0 Å². The highest BCUT2D eigenvalue weighted by Gasteiger charge is 2.35. The number of benzene rings is 1. The van der Waals surface area contributed by atoms with Gasteiger partial charge in [-0.15, -0.1) is 0 Å². The zero-order valence-corrected chi connectivity index (χ0v) is 11.4. The van der Waals surface area contributed by atoms with E-state index in [-0.39, 0.29) is 5.92 Å². The average Bonchev–Trinajstić information content (AvgIpc) is 2.39. The third-order valence-electron chi connectivity index (χ3n) is 4.10. The van der Waals surface area contributed by atoms with Crippen molar-refractivity contribution in [3.05, 3.63) is 35.1 Å². The Morgan fingerprint density at radius 2 is 1.90 bits per heavy atom. The van der Waals surface area contributed by atoms with Crippen LogP contribution in [0.4, 0.5) is 17.6 Å². The fraction of sp³-hybridized carbons (Fsp3) is 0.600. The van der Waals surface area contributed by atoms with Crippen LogP contribution in [0.1, 0.15) is 42.7 Å². The number of hydrogen-bond donors (Lipinski definition) is 1. The molecule has 0 radical (unpaired) electrons. The van der Waals surface area contributed by atoms with Crippen molar-refractivity contribution in [1.82, 2.24) is 5.32 Å². The molecular weight excluding hydrogens is 270 g/mol. The van der Waals surface area contributed by atoms with Crippen molar-refractivity contribution in [2.75, 3.05) is 13.6 Å². The minimum Gasteiger partial charge on any atom is -0.319 e. The molecule has 1 aliphatic rings. The molecule has 1 aliphatic carbocycles. The highest BCUT2D eigenvalue weighted by molar-refractivity contribution is 5.30. The summed E-state index contributed by atoms with van der Waals surface area (Å²) >= 11 is 0. The number of rotatable bonds is 3. The van der Waals surface area contributed by atoms with E-state index in [0.717, 1.165) is 44.4 Å². The second kappa shape index (κ2) is 6.12. The van der Waals surface area contributed by atoms with Gasteiger partial charge in [0.05, 0.1) is 5.56 Å². The van der Waals surface area contributed by atoms with Crippen LogP contribution >= 0.6 is 0 Å². The minimum atomic E-state index is -4.63. The van der Waals surface area contributed by atoms with Gasteiger partial charge in [0.2, 0.25) is 0 Å².